The Morgan fingerprint density at radius 1 is 1.47 bits per heavy atom. The molecule has 0 aliphatic rings. The van der Waals surface area contributed by atoms with E-state index in [1.54, 1.807) is 6.26 Å². The maximum absolute atomic E-state index is 13.1. The van der Waals surface area contributed by atoms with E-state index in [4.69, 9.17) is 0 Å². The topological polar surface area (TPSA) is 29.1 Å². The lowest BCUT2D eigenvalue weighted by molar-refractivity contribution is 0.532. The molecule has 1 aromatic rings. The summed E-state index contributed by atoms with van der Waals surface area (Å²) in [6, 6.07) is 5.12. The minimum Gasteiger partial charge on any atom is -0.310 e. The van der Waals surface area contributed by atoms with Crippen LogP contribution in [0, 0.1) is 5.82 Å². The number of hydrogen-bond donors (Lipinski definition) is 1. The summed E-state index contributed by atoms with van der Waals surface area (Å²) in [6.07, 6.45) is 2.57. The van der Waals surface area contributed by atoms with Crippen molar-refractivity contribution in [3.63, 3.8) is 0 Å². The molecule has 1 aromatic carbocycles. The third kappa shape index (κ3) is 6.29. The summed E-state index contributed by atoms with van der Waals surface area (Å²) in [5.41, 5.74) is 0.904. The molecule has 96 valence electrons. The summed E-state index contributed by atoms with van der Waals surface area (Å²) in [7, 11) is -0.749. The third-order valence-corrected chi connectivity index (χ3v) is 3.68. The van der Waals surface area contributed by atoms with Gasteiger partial charge in [0.15, 0.2) is 0 Å². The van der Waals surface area contributed by atoms with Crippen LogP contribution < -0.4 is 5.32 Å². The van der Waals surface area contributed by atoms with Gasteiger partial charge in [-0.25, -0.2) is 4.39 Å². The van der Waals surface area contributed by atoms with E-state index in [0.717, 1.165) is 16.5 Å². The predicted molar refractivity (Wildman–Crippen MR) is 74.0 cm³/mol. The molecule has 0 saturated carbocycles. The molecule has 1 rings (SSSR count). The Balaban J connectivity index is 2.41. The minimum absolute atomic E-state index is 0.238. The highest BCUT2D eigenvalue weighted by atomic mass is 79.9. The van der Waals surface area contributed by atoms with E-state index in [2.05, 4.69) is 21.2 Å². The largest absolute Gasteiger partial charge is 0.310 e. The fourth-order valence-corrected chi connectivity index (χ4v) is 2.65. The van der Waals surface area contributed by atoms with Crippen molar-refractivity contribution in [3.8, 4) is 0 Å². The predicted octanol–water partition coefficient (Wildman–Crippen LogP) is 2.83. The highest BCUT2D eigenvalue weighted by Gasteiger charge is 2.04. The van der Waals surface area contributed by atoms with Crippen LogP contribution in [-0.4, -0.2) is 22.3 Å². The lowest BCUT2D eigenvalue weighted by Crippen LogP contribution is -2.27. The van der Waals surface area contributed by atoms with E-state index in [9.17, 15) is 8.60 Å². The molecule has 0 radical (unpaired) electrons. The monoisotopic (exact) mass is 321 g/mol. The fourth-order valence-electron chi connectivity index (χ4n) is 1.45. The molecular weight excluding hydrogens is 305 g/mol. The zero-order chi connectivity index (χ0) is 12.8. The summed E-state index contributed by atoms with van der Waals surface area (Å²) >= 11 is 3.26. The van der Waals surface area contributed by atoms with Crippen LogP contribution in [0.1, 0.15) is 18.9 Å². The molecule has 1 N–H and O–H groups in total. The van der Waals surface area contributed by atoms with E-state index in [1.807, 2.05) is 13.0 Å². The van der Waals surface area contributed by atoms with Crippen LogP contribution in [-0.2, 0) is 17.3 Å². The molecule has 17 heavy (non-hydrogen) atoms. The van der Waals surface area contributed by atoms with Gasteiger partial charge in [-0.3, -0.25) is 4.21 Å². The van der Waals surface area contributed by atoms with Gasteiger partial charge in [-0.05, 0) is 37.1 Å². The van der Waals surface area contributed by atoms with Crippen LogP contribution in [0.25, 0.3) is 0 Å². The second-order valence-electron chi connectivity index (χ2n) is 4.13. The SMILES string of the molecule is CC(CCS(C)=O)NCc1cc(F)cc(Br)c1. The van der Waals surface area contributed by atoms with Gasteiger partial charge in [0.05, 0.1) is 0 Å². The molecule has 0 saturated heterocycles. The van der Waals surface area contributed by atoms with Crippen molar-refractivity contribution in [1.82, 2.24) is 5.32 Å². The Labute approximate surface area is 113 Å². The Hall–Kier alpha value is -0.260. The zero-order valence-electron chi connectivity index (χ0n) is 10.0. The standard InChI is InChI=1S/C12H17BrFNOS/c1-9(3-4-17(2)16)15-8-10-5-11(13)7-12(14)6-10/h5-7,9,15H,3-4,8H2,1-2H3. The zero-order valence-corrected chi connectivity index (χ0v) is 12.4. The van der Waals surface area contributed by atoms with Crippen molar-refractivity contribution >= 4 is 26.7 Å². The summed E-state index contributed by atoms with van der Waals surface area (Å²) in [4.78, 5) is 0. The molecule has 2 unspecified atom stereocenters. The minimum atomic E-state index is -0.749. The Bertz CT molecular complexity index is 380. The first-order valence-corrected chi connectivity index (χ1v) is 7.98. The molecule has 0 spiro atoms. The number of nitrogens with one attached hydrogen (secondary N) is 1. The smallest absolute Gasteiger partial charge is 0.124 e. The van der Waals surface area contributed by atoms with Crippen LogP contribution in [0.5, 0.6) is 0 Å². The van der Waals surface area contributed by atoms with Crippen LogP contribution in [0.4, 0.5) is 4.39 Å². The van der Waals surface area contributed by atoms with Crippen LogP contribution >= 0.6 is 15.9 Å². The number of halogens is 2. The van der Waals surface area contributed by atoms with Crippen molar-refractivity contribution < 1.29 is 8.60 Å². The molecule has 0 bridgehead atoms. The van der Waals surface area contributed by atoms with Gasteiger partial charge in [-0.2, -0.15) is 0 Å². The second kappa shape index (κ2) is 7.24. The van der Waals surface area contributed by atoms with Gasteiger partial charge >= 0.3 is 0 Å². The first-order valence-electron chi connectivity index (χ1n) is 5.45. The molecule has 0 aromatic heterocycles. The highest BCUT2D eigenvalue weighted by molar-refractivity contribution is 9.10. The Kier molecular flexibility index (Phi) is 6.30. The maximum Gasteiger partial charge on any atom is 0.124 e. The third-order valence-electron chi connectivity index (χ3n) is 2.42. The van der Waals surface area contributed by atoms with Crippen molar-refractivity contribution in [2.45, 2.75) is 25.9 Å². The highest BCUT2D eigenvalue weighted by Crippen LogP contribution is 2.14. The van der Waals surface area contributed by atoms with E-state index >= 15 is 0 Å². The summed E-state index contributed by atoms with van der Waals surface area (Å²) in [6.45, 7) is 2.66. The molecule has 0 amide bonds. The van der Waals surface area contributed by atoms with Crippen molar-refractivity contribution in [2.24, 2.45) is 0 Å². The Morgan fingerprint density at radius 2 is 2.18 bits per heavy atom. The Morgan fingerprint density at radius 3 is 2.76 bits per heavy atom. The van der Waals surface area contributed by atoms with Gasteiger partial charge < -0.3 is 5.32 Å². The van der Waals surface area contributed by atoms with E-state index in [1.165, 1.54) is 12.1 Å². The second-order valence-corrected chi connectivity index (χ2v) is 6.60. The maximum atomic E-state index is 13.1. The number of benzene rings is 1. The summed E-state index contributed by atoms with van der Waals surface area (Å²) in [5.74, 6) is 0.458. The van der Waals surface area contributed by atoms with Gasteiger partial charge in [0.2, 0.25) is 0 Å². The van der Waals surface area contributed by atoms with Crippen molar-refractivity contribution in [2.75, 3.05) is 12.0 Å². The van der Waals surface area contributed by atoms with E-state index < -0.39 is 10.8 Å². The average molecular weight is 322 g/mol. The summed E-state index contributed by atoms with van der Waals surface area (Å²) < 4.78 is 24.8. The van der Waals surface area contributed by atoms with E-state index in [-0.39, 0.29) is 11.9 Å². The molecule has 0 aliphatic heterocycles. The van der Waals surface area contributed by atoms with Gasteiger partial charge in [0.25, 0.3) is 0 Å². The number of rotatable bonds is 6. The lowest BCUT2D eigenvalue weighted by atomic mass is 10.2. The summed E-state index contributed by atoms with van der Waals surface area (Å²) in [5, 5.41) is 3.29. The molecule has 0 heterocycles. The molecule has 0 fully saturated rings. The fraction of sp³-hybridized carbons (Fsp3) is 0.500. The van der Waals surface area contributed by atoms with Crippen LogP contribution in [0.15, 0.2) is 22.7 Å². The van der Waals surface area contributed by atoms with Gasteiger partial charge in [0, 0.05) is 39.9 Å². The lowest BCUT2D eigenvalue weighted by Gasteiger charge is -2.13. The van der Waals surface area contributed by atoms with Crippen molar-refractivity contribution in [1.29, 1.82) is 0 Å². The molecular formula is C12H17BrFNOS. The first kappa shape index (κ1) is 14.8. The average Bonchev–Trinajstić information content (AvgIpc) is 2.22. The normalized spacial score (nSPS) is 14.6. The quantitative estimate of drug-likeness (QED) is 0.873. The molecule has 0 aliphatic carbocycles. The van der Waals surface area contributed by atoms with Crippen LogP contribution in [0.2, 0.25) is 0 Å². The van der Waals surface area contributed by atoms with Gasteiger partial charge in [-0.15, -0.1) is 0 Å². The van der Waals surface area contributed by atoms with Gasteiger partial charge in [0.1, 0.15) is 5.82 Å². The molecule has 2 atom stereocenters. The first-order chi connectivity index (χ1) is 7.97. The van der Waals surface area contributed by atoms with E-state index in [0.29, 0.717) is 12.3 Å². The van der Waals surface area contributed by atoms with Crippen LogP contribution in [0.3, 0.4) is 0 Å². The van der Waals surface area contributed by atoms with Gasteiger partial charge in [-0.1, -0.05) is 15.9 Å². The van der Waals surface area contributed by atoms with Crippen molar-refractivity contribution in [3.05, 3.63) is 34.1 Å². The molecule has 5 heteroatoms. The molecule has 2 nitrogen and oxygen atoms in total. The number of hydrogen-bond acceptors (Lipinski definition) is 2.